The van der Waals surface area contributed by atoms with Gasteiger partial charge >= 0.3 is 0 Å². The molecule has 0 heterocycles. The molecule has 0 spiro atoms. The van der Waals surface area contributed by atoms with E-state index in [1.807, 2.05) is 0 Å². The molecule has 2 heteroatoms. The van der Waals surface area contributed by atoms with E-state index in [0.717, 1.165) is 0 Å². The normalized spacial score (nSPS) is 16.1. The van der Waals surface area contributed by atoms with E-state index in [1.165, 1.54) is 6.42 Å². The summed E-state index contributed by atoms with van der Waals surface area (Å²) in [6, 6.07) is 0. The molecule has 0 aliphatic rings. The van der Waals surface area contributed by atoms with Crippen LogP contribution in [-0.4, -0.2) is 3.23 Å². The van der Waals surface area contributed by atoms with Crippen LogP contribution in [0.5, 0.6) is 0 Å². The van der Waals surface area contributed by atoms with Crippen LogP contribution in [0.4, 0.5) is 0 Å². The third-order valence-electron chi connectivity index (χ3n) is 1.48. The second kappa shape index (κ2) is 3.21. The van der Waals surface area contributed by atoms with Crippen molar-refractivity contribution in [1.29, 1.82) is 0 Å². The molecule has 50 valence electrons. The Balaban J connectivity index is 3.62. The van der Waals surface area contributed by atoms with Gasteiger partial charge in [0, 0.05) is 0 Å². The number of rotatable bonds is 2. The molecule has 0 saturated carbocycles. The molecule has 8 heavy (non-hydrogen) atoms. The van der Waals surface area contributed by atoms with Gasteiger partial charge in [-0.05, 0) is 12.8 Å². The molecule has 0 saturated heterocycles. The van der Waals surface area contributed by atoms with Crippen molar-refractivity contribution in [2.24, 2.45) is 5.92 Å². The molecule has 0 fully saturated rings. The maximum absolute atomic E-state index is 3.52. The predicted octanol–water partition coefficient (Wildman–Crippen LogP) is 3.54. The highest BCUT2D eigenvalue weighted by atomic mass is 79.9. The van der Waals surface area contributed by atoms with Gasteiger partial charge in [0.15, 0.2) is 0 Å². The molecule has 0 aliphatic carbocycles. The Labute approximate surface area is 68.3 Å². The maximum atomic E-state index is 3.52. The first-order chi connectivity index (χ1) is 3.48. The fourth-order valence-electron chi connectivity index (χ4n) is 0.358. The SMILES string of the molecule is CCC(C)C(C)(Br)Br. The fourth-order valence-corrected chi connectivity index (χ4v) is 1.01. The second-order valence-corrected chi connectivity index (χ2v) is 6.62. The van der Waals surface area contributed by atoms with Crippen LogP contribution in [0, 0.1) is 5.92 Å². The molecule has 0 nitrogen and oxygen atoms in total. The van der Waals surface area contributed by atoms with E-state index in [-0.39, 0.29) is 3.23 Å². The van der Waals surface area contributed by atoms with Gasteiger partial charge in [-0.15, -0.1) is 0 Å². The molecule has 0 aliphatic heterocycles. The summed E-state index contributed by atoms with van der Waals surface area (Å²) in [6.07, 6.45) is 1.20. The van der Waals surface area contributed by atoms with Crippen molar-refractivity contribution in [3.05, 3.63) is 0 Å². The molecule has 0 radical (unpaired) electrons. The maximum Gasteiger partial charge on any atom is 0.0802 e. The molecule has 0 N–H and O–H groups in total. The summed E-state index contributed by atoms with van der Waals surface area (Å²) < 4.78 is 0.134. The lowest BCUT2D eigenvalue weighted by Crippen LogP contribution is -2.15. The largest absolute Gasteiger partial charge is 0.0802 e. The lowest BCUT2D eigenvalue weighted by atomic mass is 10.1. The zero-order valence-corrected chi connectivity index (χ0v) is 8.71. The monoisotopic (exact) mass is 242 g/mol. The minimum atomic E-state index is 0.134. The van der Waals surface area contributed by atoms with Crippen molar-refractivity contribution in [3.63, 3.8) is 0 Å². The van der Waals surface area contributed by atoms with Crippen molar-refractivity contribution >= 4 is 31.9 Å². The molecule has 0 bridgehead atoms. The van der Waals surface area contributed by atoms with Crippen LogP contribution >= 0.6 is 31.9 Å². The van der Waals surface area contributed by atoms with Crippen LogP contribution in [0.25, 0.3) is 0 Å². The van der Waals surface area contributed by atoms with Gasteiger partial charge in [-0.1, -0.05) is 52.1 Å². The highest BCUT2D eigenvalue weighted by Crippen LogP contribution is 2.35. The van der Waals surface area contributed by atoms with Crippen molar-refractivity contribution in [2.45, 2.75) is 30.4 Å². The van der Waals surface area contributed by atoms with Crippen molar-refractivity contribution in [1.82, 2.24) is 0 Å². The Bertz CT molecular complexity index is 63.4. The first-order valence-corrected chi connectivity index (χ1v) is 4.45. The average Bonchev–Trinajstić information content (AvgIpc) is 1.62. The van der Waals surface area contributed by atoms with Gasteiger partial charge in [-0.3, -0.25) is 0 Å². The number of hydrogen-bond acceptors (Lipinski definition) is 0. The average molecular weight is 244 g/mol. The minimum Gasteiger partial charge on any atom is -0.0727 e. The third kappa shape index (κ3) is 3.08. The lowest BCUT2D eigenvalue weighted by Gasteiger charge is -2.20. The van der Waals surface area contributed by atoms with Crippen LogP contribution < -0.4 is 0 Å². The van der Waals surface area contributed by atoms with Gasteiger partial charge in [-0.25, -0.2) is 0 Å². The predicted molar refractivity (Wildman–Crippen MR) is 45.7 cm³/mol. The number of halogens is 2. The molecule has 0 aromatic carbocycles. The minimum absolute atomic E-state index is 0.134. The van der Waals surface area contributed by atoms with Gasteiger partial charge in [-0.2, -0.15) is 0 Å². The summed E-state index contributed by atoms with van der Waals surface area (Å²) in [6.45, 7) is 6.52. The molecule has 1 atom stereocenters. The van der Waals surface area contributed by atoms with Gasteiger partial charge < -0.3 is 0 Å². The fraction of sp³-hybridized carbons (Fsp3) is 1.00. The smallest absolute Gasteiger partial charge is 0.0727 e. The summed E-state index contributed by atoms with van der Waals surface area (Å²) in [7, 11) is 0. The van der Waals surface area contributed by atoms with E-state index >= 15 is 0 Å². The van der Waals surface area contributed by atoms with E-state index < -0.39 is 0 Å². The van der Waals surface area contributed by atoms with E-state index in [4.69, 9.17) is 0 Å². The molecular weight excluding hydrogens is 232 g/mol. The van der Waals surface area contributed by atoms with E-state index in [0.29, 0.717) is 5.92 Å². The van der Waals surface area contributed by atoms with Gasteiger partial charge in [0.2, 0.25) is 0 Å². The zero-order valence-electron chi connectivity index (χ0n) is 5.54. The lowest BCUT2D eigenvalue weighted by molar-refractivity contribution is 0.542. The van der Waals surface area contributed by atoms with E-state index in [9.17, 15) is 0 Å². The van der Waals surface area contributed by atoms with Crippen molar-refractivity contribution in [2.75, 3.05) is 0 Å². The Morgan fingerprint density at radius 2 is 1.88 bits per heavy atom. The Hall–Kier alpha value is 0.960. The Kier molecular flexibility index (Phi) is 3.60. The molecule has 1 unspecified atom stereocenters. The second-order valence-electron chi connectivity index (χ2n) is 2.27. The molecule has 0 aromatic rings. The summed E-state index contributed by atoms with van der Waals surface area (Å²) in [5, 5.41) is 0. The third-order valence-corrected chi connectivity index (χ3v) is 3.04. The van der Waals surface area contributed by atoms with Crippen LogP contribution in [0.3, 0.4) is 0 Å². The zero-order chi connectivity index (χ0) is 6.78. The quantitative estimate of drug-likeness (QED) is 0.651. The van der Waals surface area contributed by atoms with E-state index in [2.05, 4.69) is 52.6 Å². The summed E-state index contributed by atoms with van der Waals surface area (Å²) >= 11 is 7.04. The molecule has 0 amide bonds. The Morgan fingerprint density at radius 1 is 1.50 bits per heavy atom. The molecule has 0 aromatic heterocycles. The Morgan fingerprint density at radius 3 is 1.88 bits per heavy atom. The van der Waals surface area contributed by atoms with Crippen LogP contribution in [0.15, 0.2) is 0 Å². The molecular formula is C6H12Br2. The standard InChI is InChI=1S/C6H12Br2/c1-4-5(2)6(3,7)8/h5H,4H2,1-3H3. The van der Waals surface area contributed by atoms with Crippen molar-refractivity contribution in [3.8, 4) is 0 Å². The van der Waals surface area contributed by atoms with Crippen LogP contribution in [-0.2, 0) is 0 Å². The molecule has 0 rings (SSSR count). The van der Waals surface area contributed by atoms with Crippen LogP contribution in [0.2, 0.25) is 0 Å². The van der Waals surface area contributed by atoms with E-state index in [1.54, 1.807) is 0 Å². The highest BCUT2D eigenvalue weighted by Gasteiger charge is 2.21. The van der Waals surface area contributed by atoms with Crippen molar-refractivity contribution < 1.29 is 0 Å². The highest BCUT2D eigenvalue weighted by molar-refractivity contribution is 9.25. The summed E-state index contributed by atoms with van der Waals surface area (Å²) in [5.74, 6) is 0.683. The summed E-state index contributed by atoms with van der Waals surface area (Å²) in [4.78, 5) is 0. The first kappa shape index (κ1) is 8.96. The number of hydrogen-bond donors (Lipinski definition) is 0. The summed E-state index contributed by atoms with van der Waals surface area (Å²) in [5.41, 5.74) is 0. The number of alkyl halides is 2. The van der Waals surface area contributed by atoms with Gasteiger partial charge in [0.05, 0.1) is 3.23 Å². The van der Waals surface area contributed by atoms with Gasteiger partial charge in [0.25, 0.3) is 0 Å². The first-order valence-electron chi connectivity index (χ1n) is 2.86. The van der Waals surface area contributed by atoms with Gasteiger partial charge in [0.1, 0.15) is 0 Å². The topological polar surface area (TPSA) is 0 Å². The van der Waals surface area contributed by atoms with Crippen LogP contribution in [0.1, 0.15) is 27.2 Å².